The third kappa shape index (κ3) is 3.65. The van der Waals surface area contributed by atoms with E-state index >= 15 is 0 Å². The zero-order valence-corrected chi connectivity index (χ0v) is 15.1. The average Bonchev–Trinajstić information content (AvgIpc) is 3.03. The summed E-state index contributed by atoms with van der Waals surface area (Å²) in [5.74, 6) is 0. The Labute approximate surface area is 142 Å². The number of hydrogen-bond donors (Lipinski definition) is 1. The molecule has 1 aliphatic rings. The van der Waals surface area contributed by atoms with Gasteiger partial charge in [0, 0.05) is 5.38 Å². The van der Waals surface area contributed by atoms with Crippen molar-refractivity contribution in [1.82, 2.24) is 9.71 Å². The molecule has 23 heavy (non-hydrogen) atoms. The molecule has 1 aromatic carbocycles. The zero-order chi connectivity index (χ0) is 16.4. The average molecular weight is 351 g/mol. The Kier molecular flexibility index (Phi) is 4.85. The highest BCUT2D eigenvalue weighted by Gasteiger charge is 2.21. The SMILES string of the molecule is CCc1nc(C(C)NS(=O)(=O)c2ccc3c(c2)CCCC3)cs1. The number of rotatable bonds is 5. The summed E-state index contributed by atoms with van der Waals surface area (Å²) in [6, 6.07) is 5.19. The van der Waals surface area contributed by atoms with Crippen molar-refractivity contribution >= 4 is 21.4 Å². The van der Waals surface area contributed by atoms with Crippen molar-refractivity contribution in [2.75, 3.05) is 0 Å². The Hall–Kier alpha value is -1.24. The molecular formula is C17H22N2O2S2. The Balaban J connectivity index is 1.81. The molecule has 0 radical (unpaired) electrons. The molecule has 1 N–H and O–H groups in total. The van der Waals surface area contributed by atoms with Crippen molar-refractivity contribution in [2.45, 2.75) is 56.9 Å². The number of sulfonamides is 1. The molecule has 124 valence electrons. The number of nitrogens with one attached hydrogen (secondary N) is 1. The van der Waals surface area contributed by atoms with E-state index in [4.69, 9.17) is 0 Å². The Bertz CT molecular complexity index is 797. The summed E-state index contributed by atoms with van der Waals surface area (Å²) >= 11 is 1.57. The predicted molar refractivity (Wildman–Crippen MR) is 93.3 cm³/mol. The first-order valence-electron chi connectivity index (χ1n) is 8.08. The molecule has 1 aromatic heterocycles. The largest absolute Gasteiger partial charge is 0.245 e. The summed E-state index contributed by atoms with van der Waals surface area (Å²) in [6.45, 7) is 3.88. The number of nitrogens with zero attached hydrogens (tertiary/aromatic N) is 1. The Morgan fingerprint density at radius 2 is 2.00 bits per heavy atom. The Morgan fingerprint density at radius 1 is 1.26 bits per heavy atom. The summed E-state index contributed by atoms with van der Waals surface area (Å²) in [5.41, 5.74) is 3.25. The van der Waals surface area contributed by atoms with Gasteiger partial charge in [-0.1, -0.05) is 13.0 Å². The van der Waals surface area contributed by atoms with Crippen LogP contribution in [0.2, 0.25) is 0 Å². The first-order valence-corrected chi connectivity index (χ1v) is 10.4. The molecule has 1 aliphatic carbocycles. The van der Waals surface area contributed by atoms with E-state index < -0.39 is 10.0 Å². The molecule has 1 atom stereocenters. The van der Waals surface area contributed by atoms with Crippen LogP contribution in [0.3, 0.4) is 0 Å². The molecule has 1 unspecified atom stereocenters. The summed E-state index contributed by atoms with van der Waals surface area (Å²) < 4.78 is 28.0. The van der Waals surface area contributed by atoms with Gasteiger partial charge in [-0.05, 0) is 62.3 Å². The third-order valence-corrected chi connectivity index (χ3v) is 6.83. The molecule has 6 heteroatoms. The predicted octanol–water partition coefficient (Wildman–Crippen LogP) is 3.62. The lowest BCUT2D eigenvalue weighted by molar-refractivity contribution is 0.563. The van der Waals surface area contributed by atoms with Gasteiger partial charge < -0.3 is 0 Å². The van der Waals surface area contributed by atoms with Crippen LogP contribution in [0.4, 0.5) is 0 Å². The van der Waals surface area contributed by atoms with Gasteiger partial charge in [-0.25, -0.2) is 18.1 Å². The lowest BCUT2D eigenvalue weighted by Gasteiger charge is -2.18. The van der Waals surface area contributed by atoms with Gasteiger partial charge in [0.05, 0.1) is 21.6 Å². The van der Waals surface area contributed by atoms with E-state index in [9.17, 15) is 8.42 Å². The molecule has 0 saturated heterocycles. The van der Waals surface area contributed by atoms with E-state index in [0.717, 1.165) is 36.4 Å². The minimum atomic E-state index is -3.52. The van der Waals surface area contributed by atoms with Gasteiger partial charge in [-0.2, -0.15) is 0 Å². The summed E-state index contributed by atoms with van der Waals surface area (Å²) in [5, 5.41) is 2.96. The van der Waals surface area contributed by atoms with Crippen LogP contribution in [0.5, 0.6) is 0 Å². The van der Waals surface area contributed by atoms with Crippen LogP contribution in [0.25, 0.3) is 0 Å². The fraction of sp³-hybridized carbons (Fsp3) is 0.471. The molecule has 4 nitrogen and oxygen atoms in total. The molecule has 0 spiro atoms. The highest BCUT2D eigenvalue weighted by molar-refractivity contribution is 7.89. The molecule has 0 bridgehead atoms. The summed E-state index contributed by atoms with van der Waals surface area (Å²) in [4.78, 5) is 4.83. The Morgan fingerprint density at radius 3 is 2.70 bits per heavy atom. The van der Waals surface area contributed by atoms with E-state index in [1.54, 1.807) is 17.4 Å². The van der Waals surface area contributed by atoms with Gasteiger partial charge >= 0.3 is 0 Å². The monoisotopic (exact) mass is 350 g/mol. The highest BCUT2D eigenvalue weighted by atomic mass is 32.2. The molecule has 2 aromatic rings. The number of benzene rings is 1. The van der Waals surface area contributed by atoms with E-state index in [2.05, 4.69) is 9.71 Å². The van der Waals surface area contributed by atoms with Gasteiger partial charge in [0.1, 0.15) is 0 Å². The second-order valence-electron chi connectivity index (χ2n) is 6.00. The summed E-state index contributed by atoms with van der Waals surface area (Å²) in [7, 11) is -3.52. The first-order chi connectivity index (χ1) is 11.0. The van der Waals surface area contributed by atoms with Crippen molar-refractivity contribution in [3.05, 3.63) is 45.4 Å². The van der Waals surface area contributed by atoms with Crippen LogP contribution < -0.4 is 4.72 Å². The standard InChI is InChI=1S/C17H22N2O2S2/c1-3-17-18-16(11-22-17)12(2)19-23(20,21)15-9-8-13-6-4-5-7-14(13)10-15/h8-12,19H,3-7H2,1-2H3. The van der Waals surface area contributed by atoms with Crippen LogP contribution in [0.15, 0.2) is 28.5 Å². The smallest absolute Gasteiger partial charge is 0.241 e. The van der Waals surface area contributed by atoms with E-state index in [1.165, 1.54) is 17.5 Å². The molecule has 0 fully saturated rings. The number of thiazole rings is 1. The number of aryl methyl sites for hydroxylation is 3. The summed E-state index contributed by atoms with van der Waals surface area (Å²) in [6.07, 6.45) is 5.23. The maximum absolute atomic E-state index is 12.6. The molecule has 1 heterocycles. The zero-order valence-electron chi connectivity index (χ0n) is 13.5. The second kappa shape index (κ2) is 6.71. The molecular weight excluding hydrogens is 328 g/mol. The van der Waals surface area contributed by atoms with Crippen LogP contribution in [0, 0.1) is 0 Å². The van der Waals surface area contributed by atoms with E-state index in [0.29, 0.717) is 4.90 Å². The number of fused-ring (bicyclic) bond motifs is 1. The quantitative estimate of drug-likeness (QED) is 0.896. The lowest BCUT2D eigenvalue weighted by atomic mass is 9.92. The maximum atomic E-state index is 12.6. The third-order valence-electron chi connectivity index (χ3n) is 4.28. The van der Waals surface area contributed by atoms with Crippen molar-refractivity contribution in [3.8, 4) is 0 Å². The van der Waals surface area contributed by atoms with Crippen molar-refractivity contribution in [1.29, 1.82) is 0 Å². The number of hydrogen-bond acceptors (Lipinski definition) is 4. The molecule has 0 amide bonds. The van der Waals surface area contributed by atoms with Crippen LogP contribution >= 0.6 is 11.3 Å². The van der Waals surface area contributed by atoms with Crippen molar-refractivity contribution in [3.63, 3.8) is 0 Å². The molecule has 3 rings (SSSR count). The van der Waals surface area contributed by atoms with E-state index in [-0.39, 0.29) is 6.04 Å². The van der Waals surface area contributed by atoms with Gasteiger partial charge in [-0.3, -0.25) is 0 Å². The normalized spacial score (nSPS) is 16.1. The topological polar surface area (TPSA) is 59.1 Å². The maximum Gasteiger partial charge on any atom is 0.241 e. The van der Waals surface area contributed by atoms with Crippen LogP contribution in [-0.2, 0) is 29.3 Å². The molecule has 0 aliphatic heterocycles. The van der Waals surface area contributed by atoms with Gasteiger partial charge in [0.2, 0.25) is 10.0 Å². The highest BCUT2D eigenvalue weighted by Crippen LogP contribution is 2.25. The fourth-order valence-electron chi connectivity index (χ4n) is 2.92. The lowest BCUT2D eigenvalue weighted by Crippen LogP contribution is -2.27. The fourth-order valence-corrected chi connectivity index (χ4v) is 5.03. The van der Waals surface area contributed by atoms with Crippen molar-refractivity contribution < 1.29 is 8.42 Å². The van der Waals surface area contributed by atoms with Crippen LogP contribution in [-0.4, -0.2) is 13.4 Å². The minimum absolute atomic E-state index is 0.326. The first kappa shape index (κ1) is 16.6. The minimum Gasteiger partial charge on any atom is -0.245 e. The van der Waals surface area contributed by atoms with Gasteiger partial charge in [-0.15, -0.1) is 11.3 Å². The van der Waals surface area contributed by atoms with Gasteiger partial charge in [0.25, 0.3) is 0 Å². The number of aromatic nitrogens is 1. The molecule has 0 saturated carbocycles. The second-order valence-corrected chi connectivity index (χ2v) is 8.66. The van der Waals surface area contributed by atoms with Crippen molar-refractivity contribution in [2.24, 2.45) is 0 Å². The van der Waals surface area contributed by atoms with Gasteiger partial charge in [0.15, 0.2) is 0 Å². The van der Waals surface area contributed by atoms with Crippen LogP contribution in [0.1, 0.15) is 54.6 Å². The van der Waals surface area contributed by atoms with E-state index in [1.807, 2.05) is 31.4 Å².